The fourth-order valence-electron chi connectivity index (χ4n) is 1.43. The Morgan fingerprint density at radius 3 is 3.08 bits per heavy atom. The van der Waals surface area contributed by atoms with E-state index < -0.39 is 0 Å². The van der Waals surface area contributed by atoms with Gasteiger partial charge in [-0.3, -0.25) is 14.6 Å². The molecule has 0 saturated heterocycles. The summed E-state index contributed by atoms with van der Waals surface area (Å²) >= 11 is 0. The van der Waals surface area contributed by atoms with Crippen LogP contribution in [0.25, 0.3) is 0 Å². The Hall–Kier alpha value is -1.71. The first-order valence-corrected chi connectivity index (χ1v) is 3.95. The number of Topliss-reactive ketones (excluding diaryl/α,β-unsaturated/α-hetero) is 1. The Bertz CT molecular complexity index is 387. The Labute approximate surface area is 75.2 Å². The lowest BCUT2D eigenvalue weighted by molar-refractivity contribution is -0.116. The van der Waals surface area contributed by atoms with Gasteiger partial charge in [0.25, 0.3) is 0 Å². The third-order valence-corrected chi connectivity index (χ3v) is 2.07. The largest absolute Gasteiger partial charge is 0.304 e. The molecule has 13 heavy (non-hydrogen) atoms. The summed E-state index contributed by atoms with van der Waals surface area (Å²) in [5.74, 6) is -0.156. The predicted octanol–water partition coefficient (Wildman–Crippen LogP) is 0.631. The molecule has 2 rings (SSSR count). The van der Waals surface area contributed by atoms with Crippen molar-refractivity contribution < 1.29 is 9.59 Å². The highest BCUT2D eigenvalue weighted by atomic mass is 16.2. The number of amides is 1. The molecule has 1 aliphatic heterocycles. The molecule has 0 fully saturated rings. The third-order valence-electron chi connectivity index (χ3n) is 2.07. The molecule has 1 amide bonds. The van der Waals surface area contributed by atoms with Crippen LogP contribution in [0.5, 0.6) is 0 Å². The lowest BCUT2D eigenvalue weighted by Crippen LogP contribution is -2.27. The molecule has 0 aromatic carbocycles. The molecule has 2 heterocycles. The summed E-state index contributed by atoms with van der Waals surface area (Å²) in [6, 6.07) is 1.68. The van der Waals surface area contributed by atoms with Crippen molar-refractivity contribution in [1.29, 1.82) is 0 Å². The number of aromatic nitrogens is 1. The standard InChI is InChI=1S/C9H8N2O2/c1-6(12)11-5-9(13)7-4-10-3-2-8(7)11/h2-4H,5H2,1H3. The van der Waals surface area contributed by atoms with Crippen molar-refractivity contribution in [2.75, 3.05) is 11.4 Å². The van der Waals surface area contributed by atoms with Gasteiger partial charge in [-0.25, -0.2) is 0 Å². The van der Waals surface area contributed by atoms with Crippen molar-refractivity contribution in [3.8, 4) is 0 Å². The quantitative estimate of drug-likeness (QED) is 0.582. The number of rotatable bonds is 0. The summed E-state index contributed by atoms with van der Waals surface area (Å²) in [4.78, 5) is 27.8. The van der Waals surface area contributed by atoms with Gasteiger partial charge in [0, 0.05) is 19.3 Å². The van der Waals surface area contributed by atoms with E-state index >= 15 is 0 Å². The maximum atomic E-state index is 11.3. The summed E-state index contributed by atoms with van der Waals surface area (Å²) in [6.07, 6.45) is 3.08. The van der Waals surface area contributed by atoms with Crippen molar-refractivity contribution in [2.24, 2.45) is 0 Å². The van der Waals surface area contributed by atoms with Gasteiger partial charge in [-0.2, -0.15) is 0 Å². The van der Waals surface area contributed by atoms with Crippen molar-refractivity contribution in [2.45, 2.75) is 6.92 Å². The zero-order chi connectivity index (χ0) is 9.42. The van der Waals surface area contributed by atoms with E-state index in [4.69, 9.17) is 0 Å². The lowest BCUT2D eigenvalue weighted by atomic mass is 10.2. The number of carbonyl (C=O) groups is 2. The molecular formula is C9H8N2O2. The minimum Gasteiger partial charge on any atom is -0.304 e. The van der Waals surface area contributed by atoms with Gasteiger partial charge in [0.1, 0.15) is 0 Å². The fourth-order valence-corrected chi connectivity index (χ4v) is 1.43. The van der Waals surface area contributed by atoms with E-state index in [0.717, 1.165) is 0 Å². The second-order valence-electron chi connectivity index (χ2n) is 2.92. The summed E-state index contributed by atoms with van der Waals surface area (Å²) in [5.41, 5.74) is 1.21. The van der Waals surface area contributed by atoms with Crippen LogP contribution in [0.1, 0.15) is 17.3 Å². The topological polar surface area (TPSA) is 50.3 Å². The SMILES string of the molecule is CC(=O)N1CC(=O)c2cnccc21. The van der Waals surface area contributed by atoms with Gasteiger partial charge >= 0.3 is 0 Å². The van der Waals surface area contributed by atoms with Crippen molar-refractivity contribution >= 4 is 17.4 Å². The molecule has 66 valence electrons. The maximum Gasteiger partial charge on any atom is 0.224 e. The number of anilines is 1. The number of hydrogen-bond donors (Lipinski definition) is 0. The van der Waals surface area contributed by atoms with Gasteiger partial charge in [0.15, 0.2) is 5.78 Å². The van der Waals surface area contributed by atoms with Gasteiger partial charge in [0.05, 0.1) is 17.8 Å². The molecule has 0 aliphatic carbocycles. The Balaban J connectivity index is 2.53. The second kappa shape index (κ2) is 2.65. The average molecular weight is 176 g/mol. The zero-order valence-electron chi connectivity index (χ0n) is 7.15. The van der Waals surface area contributed by atoms with Crippen LogP contribution in [0, 0.1) is 0 Å². The Kier molecular flexibility index (Phi) is 1.62. The monoisotopic (exact) mass is 176 g/mol. The molecule has 0 spiro atoms. The Morgan fingerprint density at radius 1 is 1.62 bits per heavy atom. The van der Waals surface area contributed by atoms with Crippen molar-refractivity contribution in [3.63, 3.8) is 0 Å². The summed E-state index contributed by atoms with van der Waals surface area (Å²) in [7, 11) is 0. The van der Waals surface area contributed by atoms with Gasteiger partial charge in [0.2, 0.25) is 5.91 Å². The number of ketones is 1. The first-order chi connectivity index (χ1) is 6.20. The van der Waals surface area contributed by atoms with Gasteiger partial charge in [-0.05, 0) is 6.07 Å². The van der Waals surface area contributed by atoms with Crippen LogP contribution in [-0.4, -0.2) is 23.2 Å². The third kappa shape index (κ3) is 1.11. The minimum absolute atomic E-state index is 0.0432. The van der Waals surface area contributed by atoms with E-state index in [9.17, 15) is 9.59 Å². The molecule has 1 aliphatic rings. The molecule has 1 aromatic rings. The van der Waals surface area contributed by atoms with Crippen LogP contribution in [0.4, 0.5) is 5.69 Å². The van der Waals surface area contributed by atoms with Gasteiger partial charge in [-0.1, -0.05) is 0 Å². The molecule has 0 bridgehead atoms. The average Bonchev–Trinajstić information content (AvgIpc) is 2.45. The highest BCUT2D eigenvalue weighted by molar-refractivity contribution is 6.14. The first kappa shape index (κ1) is 7.91. The highest BCUT2D eigenvalue weighted by Gasteiger charge is 2.28. The first-order valence-electron chi connectivity index (χ1n) is 3.95. The van der Waals surface area contributed by atoms with E-state index in [1.54, 1.807) is 12.3 Å². The smallest absolute Gasteiger partial charge is 0.224 e. The molecule has 0 atom stereocenters. The maximum absolute atomic E-state index is 11.3. The van der Waals surface area contributed by atoms with Crippen LogP contribution < -0.4 is 4.90 Å². The predicted molar refractivity (Wildman–Crippen MR) is 46.6 cm³/mol. The number of pyridine rings is 1. The van der Waals surface area contributed by atoms with Crippen molar-refractivity contribution in [3.05, 3.63) is 24.0 Å². The number of hydrogen-bond acceptors (Lipinski definition) is 3. The molecule has 4 nitrogen and oxygen atoms in total. The summed E-state index contributed by atoms with van der Waals surface area (Å²) < 4.78 is 0. The molecule has 0 N–H and O–H groups in total. The van der Waals surface area contributed by atoms with Gasteiger partial charge in [-0.15, -0.1) is 0 Å². The fraction of sp³-hybridized carbons (Fsp3) is 0.222. The van der Waals surface area contributed by atoms with Crippen LogP contribution in [0.15, 0.2) is 18.5 Å². The van der Waals surface area contributed by atoms with Crippen LogP contribution in [0.3, 0.4) is 0 Å². The molecule has 0 radical (unpaired) electrons. The van der Waals surface area contributed by atoms with Gasteiger partial charge < -0.3 is 4.90 Å². The molecule has 4 heteroatoms. The molecular weight excluding hydrogens is 168 g/mol. The van der Waals surface area contributed by atoms with Crippen LogP contribution in [-0.2, 0) is 4.79 Å². The van der Waals surface area contributed by atoms with E-state index in [1.807, 2.05) is 0 Å². The second-order valence-corrected chi connectivity index (χ2v) is 2.92. The Morgan fingerprint density at radius 2 is 2.38 bits per heavy atom. The zero-order valence-corrected chi connectivity index (χ0v) is 7.15. The molecule has 0 saturated carbocycles. The van der Waals surface area contributed by atoms with E-state index in [2.05, 4.69) is 4.98 Å². The minimum atomic E-state index is -0.113. The van der Waals surface area contributed by atoms with Crippen molar-refractivity contribution in [1.82, 2.24) is 4.98 Å². The highest BCUT2D eigenvalue weighted by Crippen LogP contribution is 2.26. The van der Waals surface area contributed by atoms with E-state index in [1.165, 1.54) is 18.0 Å². The van der Waals surface area contributed by atoms with Crippen LogP contribution >= 0.6 is 0 Å². The van der Waals surface area contributed by atoms with E-state index in [-0.39, 0.29) is 18.2 Å². The number of carbonyl (C=O) groups excluding carboxylic acids is 2. The molecule has 1 aromatic heterocycles. The van der Waals surface area contributed by atoms with E-state index in [0.29, 0.717) is 11.3 Å². The van der Waals surface area contributed by atoms with Crippen LogP contribution in [0.2, 0.25) is 0 Å². The lowest BCUT2D eigenvalue weighted by Gasteiger charge is -2.12. The summed E-state index contributed by atoms with van der Waals surface area (Å²) in [5, 5.41) is 0. The normalized spacial score (nSPS) is 14.5. The number of nitrogens with zero attached hydrogens (tertiary/aromatic N) is 2. The summed E-state index contributed by atoms with van der Waals surface area (Å²) in [6.45, 7) is 1.60. The molecule has 0 unspecified atom stereocenters. The number of fused-ring (bicyclic) bond motifs is 1.